The van der Waals surface area contributed by atoms with E-state index >= 15 is 0 Å². The minimum absolute atomic E-state index is 0.244. The van der Waals surface area contributed by atoms with Crippen LogP contribution in [-0.2, 0) is 4.74 Å². The van der Waals surface area contributed by atoms with Crippen molar-refractivity contribution < 1.29 is 19.7 Å². The molecule has 0 saturated carbocycles. The Hall–Kier alpha value is -0.850. The second-order valence-electron chi connectivity index (χ2n) is 2.91. The van der Waals surface area contributed by atoms with Crippen LogP contribution in [0.1, 0.15) is 0 Å². The molecule has 0 bridgehead atoms. The van der Waals surface area contributed by atoms with Crippen molar-refractivity contribution in [3.05, 3.63) is 0 Å². The lowest BCUT2D eigenvalue weighted by Crippen LogP contribution is -2.41. The summed E-state index contributed by atoms with van der Waals surface area (Å²) in [7, 11) is 0. The molecular formula is C6H10N2O4. The Kier molecular flexibility index (Phi) is 1.67. The molecule has 12 heavy (non-hydrogen) atoms. The molecule has 2 fully saturated rings. The highest BCUT2D eigenvalue weighted by molar-refractivity contribution is 5.77. The van der Waals surface area contributed by atoms with E-state index in [-0.39, 0.29) is 12.6 Å². The van der Waals surface area contributed by atoms with Crippen LogP contribution in [0.25, 0.3) is 0 Å². The number of nitrogens with one attached hydrogen (secondary N) is 2. The van der Waals surface area contributed by atoms with Gasteiger partial charge in [0.1, 0.15) is 18.2 Å². The first kappa shape index (κ1) is 7.78. The Morgan fingerprint density at radius 3 is 2.83 bits per heavy atom. The maximum atomic E-state index is 10.7. The Balaban J connectivity index is 2.08. The summed E-state index contributed by atoms with van der Waals surface area (Å²) < 4.78 is 5.12. The van der Waals surface area contributed by atoms with Crippen LogP contribution in [0.4, 0.5) is 4.79 Å². The van der Waals surface area contributed by atoms with Crippen molar-refractivity contribution in [1.29, 1.82) is 0 Å². The lowest BCUT2D eigenvalue weighted by atomic mass is 10.1. The molecule has 2 aliphatic rings. The van der Waals surface area contributed by atoms with E-state index in [2.05, 4.69) is 10.6 Å². The van der Waals surface area contributed by atoms with Gasteiger partial charge in [-0.25, -0.2) is 4.79 Å². The van der Waals surface area contributed by atoms with Crippen molar-refractivity contribution in [3.8, 4) is 0 Å². The molecule has 0 aromatic rings. The third-order valence-electron chi connectivity index (χ3n) is 2.15. The van der Waals surface area contributed by atoms with Crippen molar-refractivity contribution in [1.82, 2.24) is 10.6 Å². The summed E-state index contributed by atoms with van der Waals surface area (Å²) in [6, 6.07) is -0.782. The molecule has 0 radical (unpaired) electrons. The summed E-state index contributed by atoms with van der Waals surface area (Å²) in [5.74, 6) is 0. The van der Waals surface area contributed by atoms with Gasteiger partial charge in [-0.15, -0.1) is 0 Å². The molecule has 4 unspecified atom stereocenters. The zero-order chi connectivity index (χ0) is 8.72. The maximum absolute atomic E-state index is 10.7. The first-order valence-corrected chi connectivity index (χ1v) is 3.74. The van der Waals surface area contributed by atoms with Gasteiger partial charge < -0.3 is 25.6 Å². The predicted octanol–water partition coefficient (Wildman–Crippen LogP) is -2.25. The fourth-order valence-electron chi connectivity index (χ4n) is 1.52. The van der Waals surface area contributed by atoms with E-state index < -0.39 is 24.5 Å². The van der Waals surface area contributed by atoms with Gasteiger partial charge >= 0.3 is 6.03 Å². The number of aliphatic hydroxyl groups excluding tert-OH is 2. The van der Waals surface area contributed by atoms with E-state index in [4.69, 9.17) is 9.84 Å². The van der Waals surface area contributed by atoms with Crippen molar-refractivity contribution >= 4 is 6.03 Å². The molecular weight excluding hydrogens is 164 g/mol. The number of hydrogen-bond donors (Lipinski definition) is 4. The SMILES string of the molecule is O=C1NC2OC(CO)C(O)C2N1. The zero-order valence-corrected chi connectivity index (χ0v) is 6.23. The van der Waals surface area contributed by atoms with E-state index in [1.807, 2.05) is 0 Å². The average molecular weight is 174 g/mol. The third kappa shape index (κ3) is 0.961. The quantitative estimate of drug-likeness (QED) is 0.361. The van der Waals surface area contributed by atoms with Gasteiger partial charge in [0.2, 0.25) is 0 Å². The van der Waals surface area contributed by atoms with E-state index in [1.54, 1.807) is 0 Å². The summed E-state index contributed by atoms with van der Waals surface area (Å²) >= 11 is 0. The lowest BCUT2D eigenvalue weighted by Gasteiger charge is -2.13. The molecule has 0 aromatic carbocycles. The summed E-state index contributed by atoms with van der Waals surface area (Å²) in [5, 5.41) is 23.1. The topological polar surface area (TPSA) is 90.8 Å². The summed E-state index contributed by atoms with van der Waals surface area (Å²) in [6.07, 6.45) is -1.95. The van der Waals surface area contributed by atoms with E-state index in [9.17, 15) is 9.90 Å². The monoisotopic (exact) mass is 174 g/mol. The van der Waals surface area contributed by atoms with Crippen molar-refractivity contribution in [2.45, 2.75) is 24.5 Å². The van der Waals surface area contributed by atoms with Crippen molar-refractivity contribution in [2.24, 2.45) is 0 Å². The first-order chi connectivity index (χ1) is 5.72. The van der Waals surface area contributed by atoms with Gasteiger partial charge in [-0.05, 0) is 0 Å². The number of carbonyl (C=O) groups excluding carboxylic acids is 1. The number of aliphatic hydroxyl groups is 2. The average Bonchev–Trinajstić information content (AvgIpc) is 2.51. The summed E-state index contributed by atoms with van der Waals surface area (Å²) in [4.78, 5) is 10.7. The Bertz CT molecular complexity index is 210. The van der Waals surface area contributed by atoms with Crippen LogP contribution in [-0.4, -0.2) is 47.3 Å². The second kappa shape index (κ2) is 2.58. The number of ether oxygens (including phenoxy) is 1. The first-order valence-electron chi connectivity index (χ1n) is 3.74. The number of carbonyl (C=O) groups is 1. The third-order valence-corrected chi connectivity index (χ3v) is 2.15. The standard InChI is InChI=1S/C6H10N2O4/c9-1-2-4(10)3-5(12-2)8-6(11)7-3/h2-5,9-10H,1H2,(H2,7,8,11). The highest BCUT2D eigenvalue weighted by atomic mass is 16.5. The fourth-order valence-corrected chi connectivity index (χ4v) is 1.52. The van der Waals surface area contributed by atoms with Gasteiger partial charge in [0.15, 0.2) is 6.23 Å². The molecule has 2 rings (SSSR count). The lowest BCUT2D eigenvalue weighted by molar-refractivity contribution is -0.0268. The number of amides is 2. The molecule has 4 atom stereocenters. The van der Waals surface area contributed by atoms with Crippen molar-refractivity contribution in [3.63, 3.8) is 0 Å². The van der Waals surface area contributed by atoms with Crippen LogP contribution in [0.15, 0.2) is 0 Å². The van der Waals surface area contributed by atoms with Gasteiger partial charge in [0.25, 0.3) is 0 Å². The van der Waals surface area contributed by atoms with Gasteiger partial charge in [-0.2, -0.15) is 0 Å². The molecule has 2 heterocycles. The molecule has 2 amide bonds. The Morgan fingerprint density at radius 1 is 1.50 bits per heavy atom. The largest absolute Gasteiger partial charge is 0.394 e. The predicted molar refractivity (Wildman–Crippen MR) is 37.2 cm³/mol. The van der Waals surface area contributed by atoms with Gasteiger partial charge in [0.05, 0.1) is 6.61 Å². The van der Waals surface area contributed by atoms with Gasteiger partial charge in [0, 0.05) is 0 Å². The molecule has 0 aromatic heterocycles. The Labute approximate surface area is 68.5 Å². The summed E-state index contributed by atoms with van der Waals surface area (Å²) in [6.45, 7) is -0.244. The zero-order valence-electron chi connectivity index (χ0n) is 6.23. The molecule has 6 nitrogen and oxygen atoms in total. The maximum Gasteiger partial charge on any atom is 0.317 e. The van der Waals surface area contributed by atoms with Gasteiger partial charge in [-0.3, -0.25) is 0 Å². The van der Waals surface area contributed by atoms with Crippen LogP contribution < -0.4 is 10.6 Å². The molecule has 2 aliphatic heterocycles. The smallest absolute Gasteiger partial charge is 0.317 e. The minimum Gasteiger partial charge on any atom is -0.394 e. The molecule has 6 heteroatoms. The normalized spacial score (nSPS) is 45.3. The highest BCUT2D eigenvalue weighted by Gasteiger charge is 2.48. The molecule has 2 saturated heterocycles. The number of rotatable bonds is 1. The van der Waals surface area contributed by atoms with Crippen LogP contribution in [0.2, 0.25) is 0 Å². The van der Waals surface area contributed by atoms with E-state index in [0.29, 0.717) is 0 Å². The molecule has 4 N–H and O–H groups in total. The molecule has 0 spiro atoms. The number of hydrogen-bond acceptors (Lipinski definition) is 4. The van der Waals surface area contributed by atoms with E-state index in [0.717, 1.165) is 0 Å². The number of urea groups is 1. The molecule has 68 valence electrons. The summed E-state index contributed by atoms with van der Waals surface area (Å²) in [5.41, 5.74) is 0. The van der Waals surface area contributed by atoms with Crippen LogP contribution >= 0.6 is 0 Å². The number of fused-ring (bicyclic) bond motifs is 1. The second-order valence-corrected chi connectivity index (χ2v) is 2.91. The van der Waals surface area contributed by atoms with E-state index in [1.165, 1.54) is 0 Å². The van der Waals surface area contributed by atoms with Crippen LogP contribution in [0.5, 0.6) is 0 Å². The fraction of sp³-hybridized carbons (Fsp3) is 0.833. The van der Waals surface area contributed by atoms with Crippen molar-refractivity contribution in [2.75, 3.05) is 6.61 Å². The van der Waals surface area contributed by atoms with Crippen LogP contribution in [0, 0.1) is 0 Å². The van der Waals surface area contributed by atoms with Crippen LogP contribution in [0.3, 0.4) is 0 Å². The van der Waals surface area contributed by atoms with Gasteiger partial charge in [-0.1, -0.05) is 0 Å². The molecule has 0 aliphatic carbocycles. The Morgan fingerprint density at radius 2 is 2.25 bits per heavy atom. The highest BCUT2D eigenvalue weighted by Crippen LogP contribution is 2.21. The minimum atomic E-state index is -0.834.